The lowest BCUT2D eigenvalue weighted by Crippen LogP contribution is -2.29. The van der Waals surface area contributed by atoms with Crippen LogP contribution in [-0.4, -0.2) is 25.0 Å². The fourth-order valence-electron chi connectivity index (χ4n) is 2.25. The summed E-state index contributed by atoms with van der Waals surface area (Å²) >= 11 is 3.37. The van der Waals surface area contributed by atoms with E-state index in [4.69, 9.17) is 9.47 Å². The first-order chi connectivity index (χ1) is 10.1. The molecule has 1 aromatic carbocycles. The van der Waals surface area contributed by atoms with Gasteiger partial charge in [-0.3, -0.25) is 4.79 Å². The van der Waals surface area contributed by atoms with E-state index >= 15 is 0 Å². The highest BCUT2D eigenvalue weighted by Gasteiger charge is 2.24. The first-order valence-electron chi connectivity index (χ1n) is 6.85. The zero-order valence-electron chi connectivity index (χ0n) is 11.8. The standard InChI is InChI=1S/C16H17BrO4/c1-20-14-8-7-12(17)10-11(14)6-9-16(19)21-15-5-3-2-4-13(15)18/h6-10,15H,2-5H2,1H3/b9-6+/t15-/m0/s1. The van der Waals surface area contributed by atoms with Crippen LogP contribution in [0.2, 0.25) is 0 Å². The van der Waals surface area contributed by atoms with Crippen LogP contribution in [0, 0.1) is 0 Å². The summed E-state index contributed by atoms with van der Waals surface area (Å²) in [6.45, 7) is 0. The number of Topliss-reactive ketones (excluding diaryl/α,β-unsaturated/α-hetero) is 1. The van der Waals surface area contributed by atoms with E-state index in [0.29, 0.717) is 18.6 Å². The van der Waals surface area contributed by atoms with Crippen molar-refractivity contribution in [3.63, 3.8) is 0 Å². The van der Waals surface area contributed by atoms with E-state index in [1.54, 1.807) is 19.3 Å². The zero-order chi connectivity index (χ0) is 15.2. The van der Waals surface area contributed by atoms with Crippen molar-refractivity contribution in [2.24, 2.45) is 0 Å². The first-order valence-corrected chi connectivity index (χ1v) is 7.64. The van der Waals surface area contributed by atoms with Crippen LogP contribution in [0.3, 0.4) is 0 Å². The molecule has 0 aromatic heterocycles. The summed E-state index contributed by atoms with van der Waals surface area (Å²) < 4.78 is 11.3. The van der Waals surface area contributed by atoms with Gasteiger partial charge in [0.2, 0.25) is 0 Å². The van der Waals surface area contributed by atoms with Crippen molar-refractivity contribution >= 4 is 33.8 Å². The Bertz CT molecular complexity index is 565. The van der Waals surface area contributed by atoms with Crippen LogP contribution in [0.1, 0.15) is 31.2 Å². The molecule has 0 N–H and O–H groups in total. The number of esters is 1. The number of methoxy groups -OCH3 is 1. The van der Waals surface area contributed by atoms with Crippen LogP contribution in [0.15, 0.2) is 28.7 Å². The molecule has 0 radical (unpaired) electrons. The Balaban J connectivity index is 2.01. The molecule has 1 fully saturated rings. The minimum atomic E-state index is -0.583. The Hall–Kier alpha value is -1.62. The average molecular weight is 353 g/mol. The summed E-state index contributed by atoms with van der Waals surface area (Å²) in [4.78, 5) is 23.4. The van der Waals surface area contributed by atoms with Crippen molar-refractivity contribution in [3.05, 3.63) is 34.3 Å². The van der Waals surface area contributed by atoms with Crippen molar-refractivity contribution < 1.29 is 19.1 Å². The van der Waals surface area contributed by atoms with E-state index in [1.165, 1.54) is 6.08 Å². The molecule has 0 amide bonds. The maximum Gasteiger partial charge on any atom is 0.331 e. The quantitative estimate of drug-likeness (QED) is 0.614. The smallest absolute Gasteiger partial charge is 0.331 e. The highest BCUT2D eigenvalue weighted by Crippen LogP contribution is 2.24. The lowest BCUT2D eigenvalue weighted by atomic mass is 9.96. The molecular formula is C16H17BrO4. The predicted molar refractivity (Wildman–Crippen MR) is 83.1 cm³/mol. The summed E-state index contributed by atoms with van der Waals surface area (Å²) in [6, 6.07) is 5.50. The predicted octanol–water partition coefficient (Wildman–Crippen LogP) is 3.53. The topological polar surface area (TPSA) is 52.6 Å². The van der Waals surface area contributed by atoms with Crippen LogP contribution >= 0.6 is 15.9 Å². The van der Waals surface area contributed by atoms with Gasteiger partial charge in [-0.15, -0.1) is 0 Å². The van der Waals surface area contributed by atoms with E-state index in [1.807, 2.05) is 12.1 Å². The van der Waals surface area contributed by atoms with Crippen molar-refractivity contribution in [1.29, 1.82) is 0 Å². The number of rotatable bonds is 4. The van der Waals surface area contributed by atoms with Crippen molar-refractivity contribution in [2.45, 2.75) is 31.8 Å². The summed E-state index contributed by atoms with van der Waals surface area (Å²) in [5.41, 5.74) is 0.763. The third-order valence-electron chi connectivity index (χ3n) is 3.35. The Labute approximate surface area is 132 Å². The van der Waals surface area contributed by atoms with Crippen LogP contribution in [0.4, 0.5) is 0 Å². The number of benzene rings is 1. The molecule has 0 saturated heterocycles. The number of carbonyl (C=O) groups excluding carboxylic acids is 2. The zero-order valence-corrected chi connectivity index (χ0v) is 13.4. The second-order valence-corrected chi connectivity index (χ2v) is 5.77. The molecule has 5 heteroatoms. The van der Waals surface area contributed by atoms with E-state index in [-0.39, 0.29) is 5.78 Å². The van der Waals surface area contributed by atoms with E-state index < -0.39 is 12.1 Å². The highest BCUT2D eigenvalue weighted by atomic mass is 79.9. The van der Waals surface area contributed by atoms with Crippen LogP contribution < -0.4 is 4.74 Å². The summed E-state index contributed by atoms with van der Waals surface area (Å²) in [6.07, 6.45) is 5.30. The number of ether oxygens (including phenoxy) is 2. The Kier molecular flexibility index (Phi) is 5.56. The number of halogens is 1. The molecule has 0 spiro atoms. The molecule has 0 aliphatic heterocycles. The van der Waals surface area contributed by atoms with Gasteiger partial charge in [-0.1, -0.05) is 15.9 Å². The van der Waals surface area contributed by atoms with Gasteiger partial charge in [-0.2, -0.15) is 0 Å². The third kappa shape index (κ3) is 4.43. The van der Waals surface area contributed by atoms with Crippen molar-refractivity contribution in [1.82, 2.24) is 0 Å². The van der Waals surface area contributed by atoms with Gasteiger partial charge >= 0.3 is 5.97 Å². The van der Waals surface area contributed by atoms with E-state index in [0.717, 1.165) is 22.9 Å². The number of ketones is 1. The molecule has 0 heterocycles. The maximum absolute atomic E-state index is 11.8. The Morgan fingerprint density at radius 1 is 1.38 bits per heavy atom. The molecule has 0 unspecified atom stereocenters. The second-order valence-electron chi connectivity index (χ2n) is 4.86. The van der Waals surface area contributed by atoms with Crippen LogP contribution in [0.25, 0.3) is 6.08 Å². The minimum Gasteiger partial charge on any atom is -0.496 e. The lowest BCUT2D eigenvalue weighted by Gasteiger charge is -2.19. The third-order valence-corrected chi connectivity index (χ3v) is 3.84. The number of hydrogen-bond donors (Lipinski definition) is 0. The van der Waals surface area contributed by atoms with Gasteiger partial charge in [0.05, 0.1) is 7.11 Å². The van der Waals surface area contributed by atoms with E-state index in [9.17, 15) is 9.59 Å². The molecule has 1 aliphatic rings. The van der Waals surface area contributed by atoms with Gasteiger partial charge in [0.15, 0.2) is 11.9 Å². The summed E-state index contributed by atoms with van der Waals surface area (Å²) in [5.74, 6) is 0.177. The molecule has 1 aliphatic carbocycles. The van der Waals surface area contributed by atoms with Crippen LogP contribution in [-0.2, 0) is 14.3 Å². The fraction of sp³-hybridized carbons (Fsp3) is 0.375. The van der Waals surface area contributed by atoms with Crippen LogP contribution in [0.5, 0.6) is 5.75 Å². The number of carbonyl (C=O) groups is 2. The molecule has 1 saturated carbocycles. The van der Waals surface area contributed by atoms with Gasteiger partial charge < -0.3 is 9.47 Å². The molecule has 1 aromatic rings. The molecule has 21 heavy (non-hydrogen) atoms. The Morgan fingerprint density at radius 3 is 2.90 bits per heavy atom. The molecule has 1 atom stereocenters. The lowest BCUT2D eigenvalue weighted by molar-refractivity contribution is -0.152. The first kappa shape index (κ1) is 15.8. The van der Waals surface area contributed by atoms with Gasteiger partial charge in [0, 0.05) is 22.5 Å². The SMILES string of the molecule is COc1ccc(Br)cc1/C=C/C(=O)O[C@H]1CCCCC1=O. The summed E-state index contributed by atoms with van der Waals surface area (Å²) in [5, 5.41) is 0. The second kappa shape index (κ2) is 7.41. The maximum atomic E-state index is 11.8. The van der Waals surface area contributed by atoms with E-state index in [2.05, 4.69) is 15.9 Å². The molecular weight excluding hydrogens is 336 g/mol. The Morgan fingerprint density at radius 2 is 2.19 bits per heavy atom. The molecule has 2 rings (SSSR count). The molecule has 112 valence electrons. The largest absolute Gasteiger partial charge is 0.496 e. The molecule has 0 bridgehead atoms. The summed E-state index contributed by atoms with van der Waals surface area (Å²) in [7, 11) is 1.57. The van der Waals surface area contributed by atoms with Gasteiger partial charge in [-0.05, 0) is 43.5 Å². The van der Waals surface area contributed by atoms with Crippen molar-refractivity contribution in [3.8, 4) is 5.75 Å². The van der Waals surface area contributed by atoms with Gasteiger partial charge in [0.1, 0.15) is 5.75 Å². The monoisotopic (exact) mass is 352 g/mol. The highest BCUT2D eigenvalue weighted by molar-refractivity contribution is 9.10. The minimum absolute atomic E-state index is 0.0167. The van der Waals surface area contributed by atoms with Gasteiger partial charge in [-0.25, -0.2) is 4.79 Å². The van der Waals surface area contributed by atoms with Crippen molar-refractivity contribution in [2.75, 3.05) is 7.11 Å². The van der Waals surface area contributed by atoms with Gasteiger partial charge in [0.25, 0.3) is 0 Å². The average Bonchev–Trinajstić information content (AvgIpc) is 2.48. The molecule has 4 nitrogen and oxygen atoms in total. The normalized spacial score (nSPS) is 18.8. The fourth-order valence-corrected chi connectivity index (χ4v) is 2.63. The number of hydrogen-bond acceptors (Lipinski definition) is 4.